The second kappa shape index (κ2) is 8.93. The van der Waals surface area contributed by atoms with Crippen molar-refractivity contribution in [3.63, 3.8) is 0 Å². The van der Waals surface area contributed by atoms with E-state index in [1.807, 2.05) is 24.3 Å². The molecule has 0 spiro atoms. The third kappa shape index (κ3) is 3.77. The summed E-state index contributed by atoms with van der Waals surface area (Å²) in [7, 11) is 0. The van der Waals surface area contributed by atoms with Crippen molar-refractivity contribution < 1.29 is 19.5 Å². The summed E-state index contributed by atoms with van der Waals surface area (Å²) in [5, 5.41) is 14.1. The number of likely N-dealkylation sites (N-methyl/N-ethyl adjacent to an activating group) is 2. The Kier molecular flexibility index (Phi) is 5.90. The van der Waals surface area contributed by atoms with Crippen LogP contribution in [0.15, 0.2) is 57.5 Å². The molecule has 5 rings (SSSR count). The number of allylic oxidation sites excluding steroid dienone is 6. The van der Waals surface area contributed by atoms with Crippen molar-refractivity contribution >= 4 is 40.3 Å². The molecule has 2 amide bonds. The lowest BCUT2D eigenvalue weighted by molar-refractivity contribution is -0.116. The van der Waals surface area contributed by atoms with E-state index in [0.717, 1.165) is 61.5 Å². The van der Waals surface area contributed by atoms with Gasteiger partial charge in [0.2, 0.25) is 17.6 Å². The van der Waals surface area contributed by atoms with Gasteiger partial charge in [0.05, 0.1) is 22.5 Å². The number of nitrogens with zero attached hydrogens (tertiary/aromatic N) is 3. The Bertz CT molecular complexity index is 1380. The van der Waals surface area contributed by atoms with Crippen LogP contribution in [0.2, 0.25) is 0 Å². The number of amides is 2. The summed E-state index contributed by atoms with van der Waals surface area (Å²) in [4.78, 5) is 46.0. The Hall–Kier alpha value is -3.94. The van der Waals surface area contributed by atoms with E-state index in [1.165, 1.54) is 13.8 Å². The van der Waals surface area contributed by atoms with Crippen LogP contribution >= 0.6 is 0 Å². The Morgan fingerprint density at radius 2 is 1.75 bits per heavy atom. The van der Waals surface area contributed by atoms with Crippen LogP contribution in [0.4, 0.5) is 11.4 Å². The number of hydrogen-bond acceptors (Lipinski definition) is 6. The molecule has 0 radical (unpaired) electrons. The number of aliphatic hydroxyl groups is 1. The van der Waals surface area contributed by atoms with Gasteiger partial charge in [0, 0.05) is 62.5 Å². The Balaban J connectivity index is 1.65. The molecule has 1 saturated heterocycles. The number of hydrogen-bond donors (Lipinski definition) is 2. The van der Waals surface area contributed by atoms with Gasteiger partial charge in [0.1, 0.15) is 5.76 Å². The van der Waals surface area contributed by atoms with Crippen molar-refractivity contribution in [2.24, 2.45) is 4.99 Å². The second-order valence-corrected chi connectivity index (χ2v) is 9.42. The standard InChI is InChI=1S/C28H30N4O4/c1-5-31-9-7-17-11-19(21(13-23(17)31)29-15(3)33)25-27(35)26(28(25)36)20-12-18-8-10-32(6-2)24(18)14-22(20)30-16(4)34/h11-14,35H,5-10H2,1-4H3,(H,29,33)/b26-20+,30-22?. The van der Waals surface area contributed by atoms with E-state index in [9.17, 15) is 19.5 Å². The molecule has 4 aliphatic rings. The summed E-state index contributed by atoms with van der Waals surface area (Å²) in [5.74, 6) is -1.09. The summed E-state index contributed by atoms with van der Waals surface area (Å²) in [5.41, 5.74) is 6.36. The molecule has 186 valence electrons. The number of aliphatic imine (C=N–C) groups is 1. The Morgan fingerprint density at radius 1 is 1.03 bits per heavy atom. The van der Waals surface area contributed by atoms with Crippen molar-refractivity contribution in [1.29, 1.82) is 0 Å². The summed E-state index contributed by atoms with van der Waals surface area (Å²) < 4.78 is 0. The zero-order valence-corrected chi connectivity index (χ0v) is 21.1. The summed E-state index contributed by atoms with van der Waals surface area (Å²) in [6.07, 6.45) is 5.37. The molecule has 2 heterocycles. The predicted octanol–water partition coefficient (Wildman–Crippen LogP) is 3.71. The van der Waals surface area contributed by atoms with Crippen molar-refractivity contribution in [3.8, 4) is 0 Å². The molecule has 1 aromatic carbocycles. The van der Waals surface area contributed by atoms with Crippen molar-refractivity contribution in [2.45, 2.75) is 40.5 Å². The van der Waals surface area contributed by atoms with Crippen LogP contribution in [0, 0.1) is 0 Å². The number of carbonyl (C=O) groups is 3. The molecule has 8 heteroatoms. The molecule has 1 fully saturated rings. The van der Waals surface area contributed by atoms with Gasteiger partial charge in [0.15, 0.2) is 0 Å². The number of fused-ring (bicyclic) bond motifs is 2. The molecular weight excluding hydrogens is 456 g/mol. The zero-order valence-electron chi connectivity index (χ0n) is 21.1. The van der Waals surface area contributed by atoms with Crippen LogP contribution in [0.1, 0.15) is 45.2 Å². The van der Waals surface area contributed by atoms with E-state index in [0.29, 0.717) is 22.5 Å². The SMILES string of the molecule is CCN1CCC2=C/C(=C3\C(=O)C(c4cc5c(cc4NC(C)=O)N(CC)CC5)=C3O)C(=NC(C)=O)C=C21. The van der Waals surface area contributed by atoms with E-state index < -0.39 is 0 Å². The minimum absolute atomic E-state index is 0.137. The minimum Gasteiger partial charge on any atom is -0.506 e. The lowest BCUT2D eigenvalue weighted by atomic mass is 9.77. The third-order valence-electron chi connectivity index (χ3n) is 7.22. The van der Waals surface area contributed by atoms with Gasteiger partial charge in [-0.2, -0.15) is 0 Å². The number of likely N-dealkylation sites (tertiary alicyclic amines) is 1. The predicted molar refractivity (Wildman–Crippen MR) is 140 cm³/mol. The maximum Gasteiger partial charge on any atom is 0.243 e. The highest BCUT2D eigenvalue weighted by molar-refractivity contribution is 6.42. The molecule has 0 aromatic heterocycles. The number of Topliss-reactive ketones (excluding diaryl/α,β-unsaturated/α-hetero) is 1. The average Bonchev–Trinajstić information content (AvgIpc) is 3.41. The quantitative estimate of drug-likeness (QED) is 0.629. The first kappa shape index (κ1) is 23.8. The van der Waals surface area contributed by atoms with Crippen LogP contribution in [0.3, 0.4) is 0 Å². The highest BCUT2D eigenvalue weighted by Crippen LogP contribution is 2.45. The molecule has 0 bridgehead atoms. The number of aliphatic hydroxyl groups excluding tert-OH is 1. The van der Waals surface area contributed by atoms with Gasteiger partial charge < -0.3 is 20.2 Å². The fourth-order valence-electron chi connectivity index (χ4n) is 5.52. The summed E-state index contributed by atoms with van der Waals surface area (Å²) in [6.45, 7) is 10.3. The summed E-state index contributed by atoms with van der Waals surface area (Å²) >= 11 is 0. The monoisotopic (exact) mass is 486 g/mol. The fourth-order valence-corrected chi connectivity index (χ4v) is 5.52. The van der Waals surface area contributed by atoms with E-state index in [1.54, 1.807) is 0 Å². The maximum atomic E-state index is 13.6. The van der Waals surface area contributed by atoms with Crippen molar-refractivity contribution in [1.82, 2.24) is 4.90 Å². The maximum absolute atomic E-state index is 13.6. The number of ketones is 1. The van der Waals surface area contributed by atoms with E-state index in [-0.39, 0.29) is 34.5 Å². The van der Waals surface area contributed by atoms with E-state index >= 15 is 0 Å². The first-order chi connectivity index (χ1) is 17.2. The number of carbonyl (C=O) groups excluding carboxylic acids is 3. The Labute approximate surface area is 210 Å². The lowest BCUT2D eigenvalue weighted by Gasteiger charge is -2.28. The minimum atomic E-state index is -0.375. The largest absolute Gasteiger partial charge is 0.506 e. The van der Waals surface area contributed by atoms with Gasteiger partial charge in [-0.3, -0.25) is 14.4 Å². The van der Waals surface area contributed by atoms with Crippen molar-refractivity contribution in [3.05, 3.63) is 63.6 Å². The lowest BCUT2D eigenvalue weighted by Crippen LogP contribution is -2.27. The topological polar surface area (TPSA) is 102 Å². The molecule has 0 atom stereocenters. The molecule has 8 nitrogen and oxygen atoms in total. The van der Waals surface area contributed by atoms with Gasteiger partial charge in [-0.1, -0.05) is 0 Å². The van der Waals surface area contributed by atoms with Crippen molar-refractivity contribution in [2.75, 3.05) is 36.4 Å². The second-order valence-electron chi connectivity index (χ2n) is 9.42. The van der Waals surface area contributed by atoms with Gasteiger partial charge in [-0.15, -0.1) is 0 Å². The molecule has 2 aliphatic heterocycles. The third-order valence-corrected chi connectivity index (χ3v) is 7.22. The summed E-state index contributed by atoms with van der Waals surface area (Å²) in [6, 6.07) is 3.79. The number of benzene rings is 1. The molecule has 1 aromatic rings. The van der Waals surface area contributed by atoms with Gasteiger partial charge in [0.25, 0.3) is 0 Å². The normalized spacial score (nSPS) is 21.9. The van der Waals surface area contributed by atoms with Gasteiger partial charge in [-0.25, -0.2) is 4.99 Å². The van der Waals surface area contributed by atoms with Crippen LogP contribution in [0.5, 0.6) is 0 Å². The number of anilines is 2. The fraction of sp³-hybridized carbons (Fsp3) is 0.357. The zero-order chi connectivity index (χ0) is 25.7. The van der Waals surface area contributed by atoms with E-state index in [4.69, 9.17) is 0 Å². The number of rotatable bonds is 4. The number of nitrogens with one attached hydrogen (secondary N) is 1. The molecule has 36 heavy (non-hydrogen) atoms. The highest BCUT2D eigenvalue weighted by Gasteiger charge is 2.41. The highest BCUT2D eigenvalue weighted by atomic mass is 16.3. The first-order valence-corrected chi connectivity index (χ1v) is 12.4. The molecule has 2 aliphatic carbocycles. The molecular formula is C28H30N4O4. The van der Waals surface area contributed by atoms with Crippen LogP contribution < -0.4 is 10.2 Å². The van der Waals surface area contributed by atoms with Gasteiger partial charge >= 0.3 is 0 Å². The molecule has 0 saturated carbocycles. The van der Waals surface area contributed by atoms with Crippen LogP contribution in [-0.2, 0) is 20.8 Å². The first-order valence-electron chi connectivity index (χ1n) is 12.4. The Morgan fingerprint density at radius 3 is 2.39 bits per heavy atom. The molecule has 2 N–H and O–H groups in total. The average molecular weight is 487 g/mol. The van der Waals surface area contributed by atoms with Gasteiger partial charge in [-0.05, 0) is 62.1 Å². The van der Waals surface area contributed by atoms with Crippen LogP contribution in [-0.4, -0.2) is 59.5 Å². The smallest absolute Gasteiger partial charge is 0.243 e. The molecule has 0 unspecified atom stereocenters. The van der Waals surface area contributed by atoms with E-state index in [2.05, 4.69) is 34.0 Å². The van der Waals surface area contributed by atoms with Crippen LogP contribution in [0.25, 0.3) is 5.57 Å².